The molecule has 1 aliphatic carbocycles. The van der Waals surface area contributed by atoms with E-state index in [4.69, 9.17) is 10.2 Å². The molecule has 242 valence electrons. The van der Waals surface area contributed by atoms with Crippen LogP contribution in [0.4, 0.5) is 0 Å². The van der Waals surface area contributed by atoms with Crippen molar-refractivity contribution in [3.63, 3.8) is 0 Å². The van der Waals surface area contributed by atoms with Crippen LogP contribution < -0.4 is 11.1 Å². The van der Waals surface area contributed by atoms with Gasteiger partial charge in [0, 0.05) is 16.2 Å². The normalized spacial score (nSPS) is 14.7. The van der Waals surface area contributed by atoms with Crippen molar-refractivity contribution in [3.8, 4) is 22.3 Å². The van der Waals surface area contributed by atoms with Crippen molar-refractivity contribution in [1.29, 1.82) is 0 Å². The predicted molar refractivity (Wildman–Crippen MR) is 209 cm³/mol. The Labute approximate surface area is 292 Å². The van der Waals surface area contributed by atoms with E-state index in [1.54, 1.807) is 0 Å². The lowest BCUT2D eigenvalue weighted by Crippen LogP contribution is -2.31. The van der Waals surface area contributed by atoms with E-state index in [0.717, 1.165) is 44.2 Å². The first-order chi connectivity index (χ1) is 24.4. The highest BCUT2D eigenvalue weighted by molar-refractivity contribution is 6.06. The van der Waals surface area contributed by atoms with Crippen LogP contribution in [0.15, 0.2) is 162 Å². The predicted octanol–water partition coefficient (Wildman–Crippen LogP) is 11.7. The molecule has 0 saturated heterocycles. The Morgan fingerprint density at radius 1 is 0.600 bits per heavy atom. The third kappa shape index (κ3) is 5.14. The highest BCUT2D eigenvalue weighted by Crippen LogP contribution is 2.51. The van der Waals surface area contributed by atoms with Crippen molar-refractivity contribution in [2.75, 3.05) is 0 Å². The lowest BCUT2D eigenvalue weighted by molar-refractivity contribution is 0.509. The smallest absolute Gasteiger partial charge is 0.135 e. The minimum atomic E-state index is -0.351. The van der Waals surface area contributed by atoms with E-state index in [1.807, 2.05) is 30.3 Å². The molecule has 50 heavy (non-hydrogen) atoms. The monoisotopic (exact) mass is 646 g/mol. The van der Waals surface area contributed by atoms with Gasteiger partial charge in [-0.15, -0.1) is 0 Å². The molecule has 2 atom stereocenters. The van der Waals surface area contributed by atoms with Crippen molar-refractivity contribution < 1.29 is 4.42 Å². The molecule has 3 nitrogen and oxygen atoms in total. The van der Waals surface area contributed by atoms with Gasteiger partial charge >= 0.3 is 0 Å². The third-order valence-electron chi connectivity index (χ3n) is 10.5. The second-order valence-electron chi connectivity index (χ2n) is 14.0. The Bertz CT molecular complexity index is 2580. The Hall–Kier alpha value is -5.74. The van der Waals surface area contributed by atoms with Crippen molar-refractivity contribution >= 4 is 38.8 Å². The highest BCUT2D eigenvalue weighted by atomic mass is 16.3. The molecule has 8 aromatic rings. The summed E-state index contributed by atoms with van der Waals surface area (Å²) in [7, 11) is 0. The number of hydrogen-bond acceptors (Lipinski definition) is 3. The minimum Gasteiger partial charge on any atom is -0.456 e. The first-order valence-corrected chi connectivity index (χ1v) is 17.4. The van der Waals surface area contributed by atoms with Crippen LogP contribution in [0.25, 0.3) is 61.0 Å². The van der Waals surface area contributed by atoms with Gasteiger partial charge in [0.25, 0.3) is 0 Å². The SMILES string of the molecule is CC1(C)c2cc3ccccc3cc2-c2c(/C=C/C(NC(N)c3ccccc3)c3cccc(-c4ccc5oc6ccccc6c5c4)c3)cccc21. The number of hydrogen-bond donors (Lipinski definition) is 2. The van der Waals surface area contributed by atoms with Crippen molar-refractivity contribution in [2.24, 2.45) is 5.73 Å². The fourth-order valence-corrected chi connectivity index (χ4v) is 7.87. The lowest BCUT2D eigenvalue weighted by atomic mass is 9.81. The van der Waals surface area contributed by atoms with Gasteiger partial charge in [0.1, 0.15) is 11.2 Å². The molecule has 9 rings (SSSR count). The molecule has 1 aromatic heterocycles. The van der Waals surface area contributed by atoms with E-state index < -0.39 is 0 Å². The maximum absolute atomic E-state index is 6.84. The third-order valence-corrected chi connectivity index (χ3v) is 10.5. The summed E-state index contributed by atoms with van der Waals surface area (Å²) in [6, 6.07) is 53.7. The molecule has 2 unspecified atom stereocenters. The first-order valence-electron chi connectivity index (χ1n) is 17.4. The van der Waals surface area contributed by atoms with Crippen LogP contribution in [0.5, 0.6) is 0 Å². The highest BCUT2D eigenvalue weighted by Gasteiger charge is 2.36. The fourth-order valence-electron chi connectivity index (χ4n) is 7.87. The quantitative estimate of drug-likeness (QED) is 0.169. The van der Waals surface area contributed by atoms with Gasteiger partial charge in [-0.2, -0.15) is 0 Å². The Morgan fingerprint density at radius 3 is 2.16 bits per heavy atom. The fraction of sp³-hybridized carbons (Fsp3) is 0.106. The Morgan fingerprint density at radius 2 is 1.30 bits per heavy atom. The summed E-state index contributed by atoms with van der Waals surface area (Å²) in [5.41, 5.74) is 19.6. The zero-order chi connectivity index (χ0) is 33.8. The van der Waals surface area contributed by atoms with Gasteiger partial charge in [0.15, 0.2) is 0 Å². The molecule has 0 saturated carbocycles. The second-order valence-corrected chi connectivity index (χ2v) is 14.0. The van der Waals surface area contributed by atoms with Gasteiger partial charge in [0.2, 0.25) is 0 Å². The summed E-state index contributed by atoms with van der Waals surface area (Å²) in [5, 5.41) is 8.55. The summed E-state index contributed by atoms with van der Waals surface area (Å²) in [6.45, 7) is 4.69. The van der Waals surface area contributed by atoms with Crippen molar-refractivity contribution in [2.45, 2.75) is 31.5 Å². The van der Waals surface area contributed by atoms with E-state index in [2.05, 4.69) is 153 Å². The molecule has 7 aromatic carbocycles. The molecular weight excluding hydrogens is 609 g/mol. The molecule has 0 bridgehead atoms. The van der Waals surface area contributed by atoms with Crippen LogP contribution in [0.2, 0.25) is 0 Å². The van der Waals surface area contributed by atoms with E-state index in [-0.39, 0.29) is 17.6 Å². The molecule has 0 aliphatic heterocycles. The number of nitrogens with one attached hydrogen (secondary N) is 1. The van der Waals surface area contributed by atoms with E-state index in [9.17, 15) is 0 Å². The summed E-state index contributed by atoms with van der Waals surface area (Å²) >= 11 is 0. The average Bonchev–Trinajstić information content (AvgIpc) is 3.64. The molecule has 0 fully saturated rings. The molecule has 0 amide bonds. The molecule has 3 N–H and O–H groups in total. The number of benzene rings is 7. The number of nitrogens with two attached hydrogens (primary N) is 1. The number of furan rings is 1. The van der Waals surface area contributed by atoms with E-state index >= 15 is 0 Å². The topological polar surface area (TPSA) is 51.2 Å². The minimum absolute atomic E-state index is 0.0956. The van der Waals surface area contributed by atoms with Gasteiger partial charge in [-0.3, -0.25) is 5.32 Å². The summed E-state index contributed by atoms with van der Waals surface area (Å²) in [5.74, 6) is 0. The van der Waals surface area contributed by atoms with E-state index in [0.29, 0.717) is 0 Å². The zero-order valence-corrected chi connectivity index (χ0v) is 28.2. The van der Waals surface area contributed by atoms with Gasteiger partial charge in [0.05, 0.1) is 12.2 Å². The van der Waals surface area contributed by atoms with Crippen LogP contribution in [0.3, 0.4) is 0 Å². The first kappa shape index (κ1) is 30.3. The maximum atomic E-state index is 6.84. The van der Waals surface area contributed by atoms with Gasteiger partial charge < -0.3 is 10.2 Å². The second kappa shape index (κ2) is 12.0. The number of fused-ring (bicyclic) bond motifs is 7. The number of rotatable bonds is 7. The lowest BCUT2D eigenvalue weighted by Gasteiger charge is -2.23. The molecule has 0 spiro atoms. The molecular formula is C47H38N2O. The van der Waals surface area contributed by atoms with Gasteiger partial charge in [-0.25, -0.2) is 0 Å². The maximum Gasteiger partial charge on any atom is 0.135 e. The Balaban J connectivity index is 1.13. The van der Waals surface area contributed by atoms with Crippen LogP contribution in [0.1, 0.15) is 53.9 Å². The van der Waals surface area contributed by atoms with E-state index in [1.165, 1.54) is 38.6 Å². The Kier molecular flexibility index (Phi) is 7.27. The van der Waals surface area contributed by atoms with Crippen LogP contribution >= 0.6 is 0 Å². The molecule has 1 aliphatic rings. The molecule has 0 radical (unpaired) electrons. The van der Waals surface area contributed by atoms with Gasteiger partial charge in [-0.1, -0.05) is 141 Å². The van der Waals surface area contributed by atoms with Crippen molar-refractivity contribution in [1.82, 2.24) is 5.32 Å². The average molecular weight is 647 g/mol. The summed E-state index contributed by atoms with van der Waals surface area (Å²) < 4.78 is 6.12. The van der Waals surface area contributed by atoms with Crippen LogP contribution in [-0.2, 0) is 5.41 Å². The largest absolute Gasteiger partial charge is 0.456 e. The standard InChI is InChI=1S/C47H38N2O/c1-47(2)40-20-11-16-30(45(40)39-28-33-14-6-7-15-34(33)29-41(39)47)22-24-42(49-46(48)31-12-4-3-5-13-31)36-18-10-17-32(26-36)35-23-25-44-38(27-35)37-19-8-9-21-43(37)50-44/h3-29,42,46,49H,48H2,1-2H3/b24-22+. The summed E-state index contributed by atoms with van der Waals surface area (Å²) in [4.78, 5) is 0. The molecule has 1 heterocycles. The molecule has 3 heteroatoms. The van der Waals surface area contributed by atoms with Gasteiger partial charge in [-0.05, 0) is 97.2 Å². The number of para-hydroxylation sites is 1. The zero-order valence-electron chi connectivity index (χ0n) is 28.2. The van der Waals surface area contributed by atoms with Crippen LogP contribution in [-0.4, -0.2) is 0 Å². The summed E-state index contributed by atoms with van der Waals surface area (Å²) in [6.07, 6.45) is 4.21. The van der Waals surface area contributed by atoms with Crippen LogP contribution in [0, 0.1) is 0 Å². The van der Waals surface area contributed by atoms with Crippen molar-refractivity contribution in [3.05, 3.63) is 186 Å².